The maximum Gasteiger partial charge on any atom is 0.193 e. The van der Waals surface area contributed by atoms with E-state index in [1.807, 2.05) is 56.3 Å². The Labute approximate surface area is 143 Å². The molecule has 0 amide bonds. The number of nitrogens with zero attached hydrogens (tertiary/aromatic N) is 2. The molecule has 1 aliphatic rings. The van der Waals surface area contributed by atoms with E-state index in [0.29, 0.717) is 18.0 Å². The van der Waals surface area contributed by atoms with Crippen LogP contribution in [0.1, 0.15) is 46.3 Å². The SMILES string of the molecule is Cc1ccc(C(=O)c2ccc(N3CCCC3CC#N)cc2)c(C)c1. The topological polar surface area (TPSA) is 44.1 Å². The highest BCUT2D eigenvalue weighted by atomic mass is 16.1. The highest BCUT2D eigenvalue weighted by molar-refractivity contribution is 6.10. The first-order valence-corrected chi connectivity index (χ1v) is 8.46. The first-order chi connectivity index (χ1) is 11.6. The smallest absolute Gasteiger partial charge is 0.193 e. The minimum Gasteiger partial charge on any atom is -0.368 e. The van der Waals surface area contributed by atoms with Gasteiger partial charge in [0.1, 0.15) is 0 Å². The van der Waals surface area contributed by atoms with Gasteiger partial charge in [-0.2, -0.15) is 5.26 Å². The van der Waals surface area contributed by atoms with Crippen molar-refractivity contribution in [2.45, 2.75) is 39.2 Å². The molecule has 0 N–H and O–H groups in total. The summed E-state index contributed by atoms with van der Waals surface area (Å²) < 4.78 is 0. The lowest BCUT2D eigenvalue weighted by molar-refractivity contribution is 0.103. The van der Waals surface area contributed by atoms with Gasteiger partial charge in [-0.05, 0) is 56.5 Å². The Bertz CT molecular complexity index is 786. The molecule has 1 heterocycles. The number of aryl methyl sites for hydroxylation is 2. The average Bonchev–Trinajstić information content (AvgIpc) is 3.03. The number of nitriles is 1. The van der Waals surface area contributed by atoms with Crippen molar-refractivity contribution >= 4 is 11.5 Å². The molecular weight excluding hydrogens is 296 g/mol. The van der Waals surface area contributed by atoms with Gasteiger partial charge in [0, 0.05) is 29.4 Å². The lowest BCUT2D eigenvalue weighted by Crippen LogP contribution is -2.28. The standard InChI is InChI=1S/C21H22N2O/c1-15-5-10-20(16(2)14-15)21(24)17-6-8-19(9-7-17)23-13-3-4-18(23)11-12-22/h5-10,14,18H,3-4,11,13H2,1-2H3. The summed E-state index contributed by atoms with van der Waals surface area (Å²) in [4.78, 5) is 15.0. The van der Waals surface area contributed by atoms with Gasteiger partial charge in [0.25, 0.3) is 0 Å². The second-order valence-corrected chi connectivity index (χ2v) is 6.55. The van der Waals surface area contributed by atoms with Crippen molar-refractivity contribution in [3.63, 3.8) is 0 Å². The molecule has 2 aromatic rings. The van der Waals surface area contributed by atoms with E-state index in [1.54, 1.807) is 0 Å². The van der Waals surface area contributed by atoms with E-state index in [2.05, 4.69) is 11.0 Å². The van der Waals surface area contributed by atoms with Crippen LogP contribution in [0, 0.1) is 25.2 Å². The molecule has 0 radical (unpaired) electrons. The zero-order valence-corrected chi connectivity index (χ0v) is 14.2. The molecule has 3 nitrogen and oxygen atoms in total. The van der Waals surface area contributed by atoms with Gasteiger partial charge in [0.05, 0.1) is 12.5 Å². The van der Waals surface area contributed by atoms with E-state index in [1.165, 1.54) is 0 Å². The van der Waals surface area contributed by atoms with Crippen LogP contribution in [-0.4, -0.2) is 18.4 Å². The minimum atomic E-state index is 0.0639. The molecule has 2 aromatic carbocycles. The van der Waals surface area contributed by atoms with Gasteiger partial charge >= 0.3 is 0 Å². The van der Waals surface area contributed by atoms with E-state index in [0.717, 1.165) is 41.8 Å². The van der Waals surface area contributed by atoms with Crippen LogP contribution in [-0.2, 0) is 0 Å². The van der Waals surface area contributed by atoms with Crippen LogP contribution >= 0.6 is 0 Å². The van der Waals surface area contributed by atoms with Crippen LogP contribution in [0.25, 0.3) is 0 Å². The lowest BCUT2D eigenvalue weighted by Gasteiger charge is -2.25. The molecule has 1 atom stereocenters. The molecule has 24 heavy (non-hydrogen) atoms. The molecule has 0 spiro atoms. The molecule has 1 fully saturated rings. The van der Waals surface area contributed by atoms with Gasteiger partial charge in [-0.15, -0.1) is 0 Å². The highest BCUT2D eigenvalue weighted by Crippen LogP contribution is 2.28. The molecule has 1 unspecified atom stereocenters. The fraction of sp³-hybridized carbons (Fsp3) is 0.333. The van der Waals surface area contributed by atoms with Crippen molar-refractivity contribution in [3.8, 4) is 6.07 Å². The Hall–Kier alpha value is -2.60. The summed E-state index contributed by atoms with van der Waals surface area (Å²) in [7, 11) is 0. The third-order valence-corrected chi connectivity index (χ3v) is 4.79. The van der Waals surface area contributed by atoms with E-state index < -0.39 is 0 Å². The Morgan fingerprint density at radius 1 is 1.21 bits per heavy atom. The fourth-order valence-electron chi connectivity index (χ4n) is 3.52. The van der Waals surface area contributed by atoms with Crippen LogP contribution in [0.2, 0.25) is 0 Å². The normalized spacial score (nSPS) is 16.9. The largest absolute Gasteiger partial charge is 0.368 e. The number of anilines is 1. The minimum absolute atomic E-state index is 0.0639. The van der Waals surface area contributed by atoms with Crippen molar-refractivity contribution in [2.24, 2.45) is 0 Å². The molecule has 0 bridgehead atoms. The third kappa shape index (κ3) is 3.19. The van der Waals surface area contributed by atoms with Gasteiger partial charge in [0.15, 0.2) is 5.78 Å². The Balaban J connectivity index is 1.82. The van der Waals surface area contributed by atoms with Crippen molar-refractivity contribution in [3.05, 3.63) is 64.7 Å². The highest BCUT2D eigenvalue weighted by Gasteiger charge is 2.24. The van der Waals surface area contributed by atoms with Crippen molar-refractivity contribution < 1.29 is 4.79 Å². The Morgan fingerprint density at radius 2 is 1.96 bits per heavy atom. The summed E-state index contributed by atoms with van der Waals surface area (Å²) in [5, 5.41) is 8.96. The number of ketones is 1. The van der Waals surface area contributed by atoms with Crippen molar-refractivity contribution in [2.75, 3.05) is 11.4 Å². The van der Waals surface area contributed by atoms with Gasteiger partial charge in [0.2, 0.25) is 0 Å². The van der Waals surface area contributed by atoms with Crippen LogP contribution in [0.3, 0.4) is 0 Å². The Morgan fingerprint density at radius 3 is 2.62 bits per heavy atom. The first kappa shape index (κ1) is 16.3. The zero-order valence-electron chi connectivity index (χ0n) is 14.2. The molecule has 0 aromatic heterocycles. The number of carbonyl (C=O) groups excluding carboxylic acids is 1. The maximum absolute atomic E-state index is 12.7. The summed E-state index contributed by atoms with van der Waals surface area (Å²) >= 11 is 0. The van der Waals surface area contributed by atoms with Crippen LogP contribution in [0.15, 0.2) is 42.5 Å². The number of rotatable bonds is 4. The number of hydrogen-bond acceptors (Lipinski definition) is 3. The van der Waals surface area contributed by atoms with E-state index in [-0.39, 0.29) is 5.78 Å². The summed E-state index contributed by atoms with van der Waals surface area (Å²) in [6, 6.07) is 16.3. The van der Waals surface area contributed by atoms with E-state index >= 15 is 0 Å². The summed E-state index contributed by atoms with van der Waals surface area (Å²) in [5.74, 6) is 0.0639. The number of carbonyl (C=O) groups is 1. The molecule has 3 heteroatoms. The molecular formula is C21H22N2O. The third-order valence-electron chi connectivity index (χ3n) is 4.79. The average molecular weight is 318 g/mol. The predicted molar refractivity (Wildman–Crippen MR) is 96.4 cm³/mol. The predicted octanol–water partition coefficient (Wildman–Crippen LogP) is 4.42. The second kappa shape index (κ2) is 6.88. The monoisotopic (exact) mass is 318 g/mol. The summed E-state index contributed by atoms with van der Waals surface area (Å²) in [5.41, 5.74) is 4.75. The zero-order chi connectivity index (χ0) is 17.1. The van der Waals surface area contributed by atoms with E-state index in [4.69, 9.17) is 5.26 Å². The first-order valence-electron chi connectivity index (χ1n) is 8.46. The van der Waals surface area contributed by atoms with Crippen LogP contribution in [0.5, 0.6) is 0 Å². The molecule has 0 aliphatic carbocycles. The summed E-state index contributed by atoms with van der Waals surface area (Å²) in [6.45, 7) is 4.99. The molecule has 1 aliphatic heterocycles. The van der Waals surface area contributed by atoms with Gasteiger partial charge in [-0.3, -0.25) is 4.79 Å². The number of benzene rings is 2. The number of hydrogen-bond donors (Lipinski definition) is 0. The van der Waals surface area contributed by atoms with Crippen LogP contribution < -0.4 is 4.90 Å². The molecule has 1 saturated heterocycles. The maximum atomic E-state index is 12.7. The van der Waals surface area contributed by atoms with Crippen molar-refractivity contribution in [1.29, 1.82) is 5.26 Å². The van der Waals surface area contributed by atoms with Crippen LogP contribution in [0.4, 0.5) is 5.69 Å². The molecule has 122 valence electrons. The van der Waals surface area contributed by atoms with Gasteiger partial charge in [-0.1, -0.05) is 23.8 Å². The van der Waals surface area contributed by atoms with Gasteiger partial charge < -0.3 is 4.90 Å². The fourth-order valence-corrected chi connectivity index (χ4v) is 3.52. The summed E-state index contributed by atoms with van der Waals surface area (Å²) in [6.07, 6.45) is 2.75. The Kier molecular flexibility index (Phi) is 4.66. The van der Waals surface area contributed by atoms with Crippen molar-refractivity contribution in [1.82, 2.24) is 0 Å². The quantitative estimate of drug-likeness (QED) is 0.784. The van der Waals surface area contributed by atoms with Gasteiger partial charge in [-0.25, -0.2) is 0 Å². The van der Waals surface area contributed by atoms with E-state index in [9.17, 15) is 4.79 Å². The lowest BCUT2D eigenvalue weighted by atomic mass is 9.97. The molecule has 0 saturated carbocycles. The molecule has 3 rings (SSSR count). The second-order valence-electron chi connectivity index (χ2n) is 6.55.